The maximum Gasteiger partial charge on any atom is 0.248 e. The van der Waals surface area contributed by atoms with Crippen LogP contribution in [0.15, 0.2) is 24.3 Å². The molecule has 0 spiro atoms. The highest BCUT2D eigenvalue weighted by Gasteiger charge is 2.21. The van der Waals surface area contributed by atoms with Crippen LogP contribution in [0.1, 0.15) is 41.4 Å². The van der Waals surface area contributed by atoms with Gasteiger partial charge in [0.25, 0.3) is 0 Å². The number of rotatable bonds is 10. The number of carbonyl (C=O) groups excluding carboxylic acids is 1. The predicted octanol–water partition coefficient (Wildman–Crippen LogP) is 2.90. The number of aliphatic hydroxyl groups is 1. The number of aliphatic hydroxyl groups excluding tert-OH is 1. The second-order valence-electron chi connectivity index (χ2n) is 8.12. The molecule has 1 amide bonds. The van der Waals surface area contributed by atoms with Crippen molar-refractivity contribution in [2.24, 2.45) is 11.7 Å². The molecular weight excluding hydrogens is 410 g/mol. The van der Waals surface area contributed by atoms with Gasteiger partial charge in [0.2, 0.25) is 11.9 Å². The standard InChI is InChI=1S/C23H29N5O4/c1-3-5-28-21-18(26-23(28)27-20-8-16(11-29)7-14(2)25-20)9-17(22(24)30)10-19(21)32-6-4-15-12-31-13-15/h7-10,15,29H,3-6,11-13H2,1-2H3,(H2,24,30)(H,25,26,27). The first-order valence-corrected chi connectivity index (χ1v) is 10.9. The topological polar surface area (TPSA) is 125 Å². The lowest BCUT2D eigenvalue weighted by atomic mass is 10.1. The molecule has 0 radical (unpaired) electrons. The van der Waals surface area contributed by atoms with Crippen molar-refractivity contribution in [2.45, 2.75) is 39.8 Å². The number of pyridine rings is 1. The summed E-state index contributed by atoms with van der Waals surface area (Å²) in [6, 6.07) is 6.99. The average Bonchev–Trinajstić information content (AvgIpc) is 3.06. The number of nitrogens with zero attached hydrogens (tertiary/aromatic N) is 3. The summed E-state index contributed by atoms with van der Waals surface area (Å²) in [6.07, 6.45) is 1.76. The minimum Gasteiger partial charge on any atom is -0.491 e. The van der Waals surface area contributed by atoms with Crippen molar-refractivity contribution in [2.75, 3.05) is 25.1 Å². The molecule has 0 unspecified atom stereocenters. The van der Waals surface area contributed by atoms with Gasteiger partial charge >= 0.3 is 0 Å². The van der Waals surface area contributed by atoms with E-state index in [0.717, 1.165) is 42.8 Å². The van der Waals surface area contributed by atoms with Gasteiger partial charge in [0.05, 0.1) is 31.9 Å². The lowest BCUT2D eigenvalue weighted by Gasteiger charge is -2.25. The zero-order chi connectivity index (χ0) is 22.7. The quantitative estimate of drug-likeness (QED) is 0.444. The van der Waals surface area contributed by atoms with E-state index in [0.29, 0.717) is 47.7 Å². The highest BCUT2D eigenvalue weighted by Crippen LogP contribution is 2.32. The molecule has 1 aromatic carbocycles. The first-order chi connectivity index (χ1) is 15.5. The number of aryl methyl sites for hydroxylation is 2. The molecule has 3 aromatic rings. The van der Waals surface area contributed by atoms with Crippen molar-refractivity contribution >= 4 is 28.7 Å². The number of nitrogens with one attached hydrogen (secondary N) is 1. The van der Waals surface area contributed by atoms with E-state index in [1.54, 1.807) is 18.2 Å². The largest absolute Gasteiger partial charge is 0.491 e. The van der Waals surface area contributed by atoms with Crippen molar-refractivity contribution in [3.05, 3.63) is 41.1 Å². The molecular formula is C23H29N5O4. The first-order valence-electron chi connectivity index (χ1n) is 10.9. The summed E-state index contributed by atoms with van der Waals surface area (Å²) >= 11 is 0. The number of anilines is 2. The normalized spacial score (nSPS) is 13.8. The van der Waals surface area contributed by atoms with E-state index in [9.17, 15) is 9.90 Å². The zero-order valence-corrected chi connectivity index (χ0v) is 18.4. The number of hydrogen-bond acceptors (Lipinski definition) is 7. The van der Waals surface area contributed by atoms with E-state index in [2.05, 4.69) is 17.2 Å². The molecule has 9 heteroatoms. The summed E-state index contributed by atoms with van der Waals surface area (Å²) < 4.78 is 13.4. The average molecular weight is 440 g/mol. The summed E-state index contributed by atoms with van der Waals surface area (Å²) in [5.41, 5.74) is 8.89. The number of benzene rings is 1. The number of nitrogens with two attached hydrogens (primary N) is 1. The lowest BCUT2D eigenvalue weighted by molar-refractivity contribution is -0.0400. The molecule has 1 fully saturated rings. The Morgan fingerprint density at radius 1 is 1.31 bits per heavy atom. The number of hydrogen-bond donors (Lipinski definition) is 3. The number of fused-ring (bicyclic) bond motifs is 1. The third-order valence-electron chi connectivity index (χ3n) is 5.46. The molecule has 0 bridgehead atoms. The molecule has 0 atom stereocenters. The number of primary amides is 1. The Morgan fingerprint density at radius 2 is 2.12 bits per heavy atom. The van der Waals surface area contributed by atoms with Crippen LogP contribution in [0.5, 0.6) is 5.75 Å². The molecule has 1 saturated heterocycles. The molecule has 3 heterocycles. The van der Waals surface area contributed by atoms with E-state index in [1.165, 1.54) is 0 Å². The Hall–Kier alpha value is -3.17. The molecule has 4 rings (SSSR count). The number of ether oxygens (including phenoxy) is 2. The van der Waals surface area contributed by atoms with Crippen LogP contribution in [-0.2, 0) is 17.9 Å². The Labute approximate surface area is 186 Å². The minimum atomic E-state index is -0.531. The van der Waals surface area contributed by atoms with Crippen LogP contribution in [0, 0.1) is 12.8 Å². The van der Waals surface area contributed by atoms with Gasteiger partial charge in [-0.05, 0) is 49.6 Å². The molecule has 32 heavy (non-hydrogen) atoms. The summed E-state index contributed by atoms with van der Waals surface area (Å²) in [6.45, 7) is 6.62. The number of amides is 1. The third-order valence-corrected chi connectivity index (χ3v) is 5.46. The van der Waals surface area contributed by atoms with Gasteiger partial charge in [-0.25, -0.2) is 9.97 Å². The van der Waals surface area contributed by atoms with Gasteiger partial charge in [0, 0.05) is 23.7 Å². The summed E-state index contributed by atoms with van der Waals surface area (Å²) in [5.74, 6) is 1.73. The van der Waals surface area contributed by atoms with Crippen molar-refractivity contribution < 1.29 is 19.4 Å². The second kappa shape index (κ2) is 9.54. The van der Waals surface area contributed by atoms with Crippen LogP contribution >= 0.6 is 0 Å². The Balaban J connectivity index is 1.73. The molecule has 0 saturated carbocycles. The van der Waals surface area contributed by atoms with Gasteiger partial charge < -0.3 is 30.2 Å². The van der Waals surface area contributed by atoms with E-state index >= 15 is 0 Å². The summed E-state index contributed by atoms with van der Waals surface area (Å²) in [7, 11) is 0. The van der Waals surface area contributed by atoms with Gasteiger partial charge in [-0.2, -0.15) is 0 Å². The maximum absolute atomic E-state index is 11.9. The smallest absolute Gasteiger partial charge is 0.248 e. The minimum absolute atomic E-state index is 0.0740. The second-order valence-corrected chi connectivity index (χ2v) is 8.12. The molecule has 170 valence electrons. The van der Waals surface area contributed by atoms with E-state index in [4.69, 9.17) is 20.2 Å². The number of aromatic nitrogens is 3. The van der Waals surface area contributed by atoms with Crippen molar-refractivity contribution in [1.29, 1.82) is 0 Å². The zero-order valence-electron chi connectivity index (χ0n) is 18.4. The fourth-order valence-corrected chi connectivity index (χ4v) is 3.82. The van der Waals surface area contributed by atoms with E-state index in [1.807, 2.05) is 17.6 Å². The third kappa shape index (κ3) is 4.68. The van der Waals surface area contributed by atoms with Gasteiger partial charge in [-0.1, -0.05) is 6.92 Å². The monoisotopic (exact) mass is 439 g/mol. The Morgan fingerprint density at radius 3 is 2.78 bits per heavy atom. The first kappa shape index (κ1) is 22.0. The fraction of sp³-hybridized carbons (Fsp3) is 0.435. The predicted molar refractivity (Wildman–Crippen MR) is 121 cm³/mol. The van der Waals surface area contributed by atoms with E-state index < -0.39 is 5.91 Å². The lowest BCUT2D eigenvalue weighted by Crippen LogP contribution is -2.28. The van der Waals surface area contributed by atoms with Crippen LogP contribution in [0.25, 0.3) is 11.0 Å². The van der Waals surface area contributed by atoms with Crippen molar-refractivity contribution in [3.63, 3.8) is 0 Å². The van der Waals surface area contributed by atoms with Crippen LogP contribution < -0.4 is 15.8 Å². The van der Waals surface area contributed by atoms with Crippen LogP contribution in [0.2, 0.25) is 0 Å². The van der Waals surface area contributed by atoms with Crippen LogP contribution in [-0.4, -0.2) is 45.4 Å². The van der Waals surface area contributed by atoms with Crippen LogP contribution in [0.4, 0.5) is 11.8 Å². The number of carbonyl (C=O) groups is 1. The van der Waals surface area contributed by atoms with Gasteiger partial charge in [-0.15, -0.1) is 0 Å². The Bertz CT molecular complexity index is 1120. The Kier molecular flexibility index (Phi) is 6.57. The highest BCUT2D eigenvalue weighted by atomic mass is 16.5. The summed E-state index contributed by atoms with van der Waals surface area (Å²) in [5, 5.41) is 12.8. The number of imidazole rings is 1. The van der Waals surface area contributed by atoms with Gasteiger partial charge in [-0.3, -0.25) is 4.79 Å². The molecule has 1 aliphatic heterocycles. The fourth-order valence-electron chi connectivity index (χ4n) is 3.82. The highest BCUT2D eigenvalue weighted by molar-refractivity contribution is 5.99. The molecule has 4 N–H and O–H groups in total. The SMILES string of the molecule is CCCn1c(Nc2cc(CO)cc(C)n2)nc2cc(C(N)=O)cc(OCCC3COC3)c21. The molecule has 9 nitrogen and oxygen atoms in total. The van der Waals surface area contributed by atoms with Gasteiger partial charge in [0.1, 0.15) is 17.1 Å². The molecule has 0 aliphatic carbocycles. The molecule has 2 aromatic heterocycles. The van der Waals surface area contributed by atoms with E-state index in [-0.39, 0.29) is 6.61 Å². The van der Waals surface area contributed by atoms with Crippen LogP contribution in [0.3, 0.4) is 0 Å². The molecule has 1 aliphatic rings. The maximum atomic E-state index is 11.9. The van der Waals surface area contributed by atoms with Crippen molar-refractivity contribution in [3.8, 4) is 5.75 Å². The van der Waals surface area contributed by atoms with Gasteiger partial charge in [0.15, 0.2) is 0 Å². The van der Waals surface area contributed by atoms with Crippen molar-refractivity contribution in [1.82, 2.24) is 14.5 Å². The summed E-state index contributed by atoms with van der Waals surface area (Å²) in [4.78, 5) is 21.2.